The number of hydrogen-bond acceptors (Lipinski definition) is 4. The second-order valence-corrected chi connectivity index (χ2v) is 6.60. The van der Waals surface area contributed by atoms with E-state index in [0.29, 0.717) is 19.4 Å². The quantitative estimate of drug-likeness (QED) is 0.372. The molecule has 0 radical (unpaired) electrons. The molecule has 7 heteroatoms. The van der Waals surface area contributed by atoms with Crippen LogP contribution in [0.3, 0.4) is 0 Å². The molecule has 0 aromatic heterocycles. The van der Waals surface area contributed by atoms with Crippen molar-refractivity contribution in [3.05, 3.63) is 23.8 Å². The fourth-order valence-electron chi connectivity index (χ4n) is 3.03. The molecule has 1 aliphatic heterocycles. The van der Waals surface area contributed by atoms with Crippen molar-refractivity contribution in [3.63, 3.8) is 0 Å². The Bertz CT molecular complexity index is 588. The van der Waals surface area contributed by atoms with Crippen LogP contribution >= 0.6 is 24.0 Å². The smallest absolute Gasteiger partial charge is 0.231 e. The Morgan fingerprint density at radius 1 is 1.24 bits per heavy atom. The van der Waals surface area contributed by atoms with Crippen molar-refractivity contribution in [1.82, 2.24) is 15.5 Å². The van der Waals surface area contributed by atoms with Crippen LogP contribution in [0, 0.1) is 0 Å². The number of hydrogen-bond donors (Lipinski definition) is 2. The average molecular weight is 460 g/mol. The summed E-state index contributed by atoms with van der Waals surface area (Å²) in [6, 6.07) is 7.39. The number of guanidine groups is 1. The van der Waals surface area contributed by atoms with Crippen molar-refractivity contribution in [1.29, 1.82) is 0 Å². The van der Waals surface area contributed by atoms with Crippen LogP contribution in [0.5, 0.6) is 11.5 Å². The number of fused-ring (bicyclic) bond motifs is 1. The lowest BCUT2D eigenvalue weighted by atomic mass is 10.2. The average Bonchev–Trinajstić information content (AvgIpc) is 3.30. The summed E-state index contributed by atoms with van der Waals surface area (Å²) < 4.78 is 10.7. The molecule has 0 spiro atoms. The van der Waals surface area contributed by atoms with E-state index in [-0.39, 0.29) is 24.0 Å². The lowest BCUT2D eigenvalue weighted by Crippen LogP contribution is -2.43. The maximum absolute atomic E-state index is 5.41. The van der Waals surface area contributed by atoms with Crippen LogP contribution < -0.4 is 20.1 Å². The largest absolute Gasteiger partial charge is 0.454 e. The van der Waals surface area contributed by atoms with Crippen LogP contribution in [0.1, 0.15) is 32.3 Å². The predicted octanol–water partition coefficient (Wildman–Crippen LogP) is 2.57. The van der Waals surface area contributed by atoms with E-state index in [2.05, 4.69) is 34.4 Å². The molecule has 25 heavy (non-hydrogen) atoms. The number of nitrogens with zero attached hydrogens (tertiary/aromatic N) is 2. The summed E-state index contributed by atoms with van der Waals surface area (Å²) in [5.74, 6) is 2.46. The number of aliphatic imine (C=N–C) groups is 1. The van der Waals surface area contributed by atoms with Crippen LogP contribution in [0.15, 0.2) is 23.2 Å². The Morgan fingerprint density at radius 2 is 2.00 bits per heavy atom. The zero-order valence-electron chi connectivity index (χ0n) is 15.2. The minimum atomic E-state index is 0. The van der Waals surface area contributed by atoms with Gasteiger partial charge in [-0.25, -0.2) is 0 Å². The summed E-state index contributed by atoms with van der Waals surface area (Å²) in [6.45, 7) is 7.49. The first-order valence-electron chi connectivity index (χ1n) is 8.76. The molecule has 1 heterocycles. The van der Waals surface area contributed by atoms with Gasteiger partial charge in [0.25, 0.3) is 0 Å². The van der Waals surface area contributed by atoms with Crippen molar-refractivity contribution in [3.8, 4) is 11.5 Å². The Labute approximate surface area is 167 Å². The van der Waals surface area contributed by atoms with Gasteiger partial charge < -0.3 is 20.1 Å². The molecule has 0 unspecified atom stereocenters. The molecule has 1 aliphatic carbocycles. The van der Waals surface area contributed by atoms with E-state index in [0.717, 1.165) is 42.2 Å². The minimum absolute atomic E-state index is 0. The number of ether oxygens (including phenoxy) is 2. The molecular weight excluding hydrogens is 431 g/mol. The molecule has 0 bridgehead atoms. The second kappa shape index (κ2) is 9.47. The highest BCUT2D eigenvalue weighted by atomic mass is 127. The molecule has 2 N–H and O–H groups in total. The van der Waals surface area contributed by atoms with E-state index in [9.17, 15) is 0 Å². The van der Waals surface area contributed by atoms with Crippen LogP contribution in [0.4, 0.5) is 0 Å². The van der Waals surface area contributed by atoms with Gasteiger partial charge in [0.1, 0.15) is 0 Å². The summed E-state index contributed by atoms with van der Waals surface area (Å²) >= 11 is 0. The third-order valence-electron chi connectivity index (χ3n) is 4.46. The van der Waals surface area contributed by atoms with Crippen molar-refractivity contribution in [2.45, 2.75) is 45.3 Å². The lowest BCUT2D eigenvalue weighted by molar-refractivity contribution is 0.174. The van der Waals surface area contributed by atoms with E-state index in [1.807, 2.05) is 18.2 Å². The first kappa shape index (κ1) is 20.1. The molecular formula is C18H29IN4O2. The number of nitrogens with one attached hydrogen (secondary N) is 2. The lowest BCUT2D eigenvalue weighted by Gasteiger charge is -2.26. The summed E-state index contributed by atoms with van der Waals surface area (Å²) in [7, 11) is 1.80. The summed E-state index contributed by atoms with van der Waals surface area (Å²) in [5.41, 5.74) is 1.14. The van der Waals surface area contributed by atoms with Gasteiger partial charge in [-0.3, -0.25) is 9.89 Å². The van der Waals surface area contributed by atoms with Gasteiger partial charge in [-0.2, -0.15) is 0 Å². The first-order chi connectivity index (χ1) is 11.7. The molecule has 1 fully saturated rings. The van der Waals surface area contributed by atoms with Crippen LogP contribution in [-0.2, 0) is 6.54 Å². The SMILES string of the molecule is CN=C(NCCN(C(C)C)C1CC1)NCc1ccc2c(c1)OCO2.I. The van der Waals surface area contributed by atoms with Gasteiger partial charge in [0.15, 0.2) is 17.5 Å². The second-order valence-electron chi connectivity index (χ2n) is 6.60. The molecule has 0 saturated heterocycles. The predicted molar refractivity (Wildman–Crippen MR) is 111 cm³/mol. The van der Waals surface area contributed by atoms with Crippen molar-refractivity contribution in [2.75, 3.05) is 26.9 Å². The minimum Gasteiger partial charge on any atom is -0.454 e. The van der Waals surface area contributed by atoms with Crippen molar-refractivity contribution < 1.29 is 9.47 Å². The molecule has 0 amide bonds. The highest BCUT2D eigenvalue weighted by Crippen LogP contribution is 2.32. The standard InChI is InChI=1S/C18H28N4O2.HI/c1-13(2)22(15-5-6-15)9-8-20-18(19-3)21-11-14-4-7-16-17(10-14)24-12-23-16;/h4,7,10,13,15H,5-6,8-9,11-12H2,1-3H3,(H2,19,20,21);1H. The fraction of sp³-hybridized carbons (Fsp3) is 0.611. The fourth-order valence-corrected chi connectivity index (χ4v) is 3.03. The zero-order chi connectivity index (χ0) is 16.9. The summed E-state index contributed by atoms with van der Waals surface area (Å²) in [6.07, 6.45) is 2.69. The Hall–Kier alpha value is -1.22. The number of benzene rings is 1. The normalized spacial score (nSPS) is 16.1. The number of rotatable bonds is 7. The summed E-state index contributed by atoms with van der Waals surface area (Å²) in [5, 5.41) is 6.75. The van der Waals surface area contributed by atoms with Gasteiger partial charge >= 0.3 is 0 Å². The molecule has 140 valence electrons. The molecule has 1 aromatic rings. The van der Waals surface area contributed by atoms with E-state index in [4.69, 9.17) is 9.47 Å². The molecule has 0 atom stereocenters. The molecule has 2 aliphatic rings. The Balaban J connectivity index is 0.00000225. The van der Waals surface area contributed by atoms with Crippen molar-refractivity contribution in [2.24, 2.45) is 4.99 Å². The Kier molecular flexibility index (Phi) is 7.61. The maximum atomic E-state index is 5.41. The van der Waals surface area contributed by atoms with E-state index < -0.39 is 0 Å². The highest BCUT2D eigenvalue weighted by molar-refractivity contribution is 14.0. The van der Waals surface area contributed by atoms with Gasteiger partial charge in [-0.15, -0.1) is 24.0 Å². The topological polar surface area (TPSA) is 58.1 Å². The van der Waals surface area contributed by atoms with Gasteiger partial charge in [0.05, 0.1) is 0 Å². The maximum Gasteiger partial charge on any atom is 0.231 e. The van der Waals surface area contributed by atoms with Gasteiger partial charge in [0.2, 0.25) is 6.79 Å². The molecule has 1 saturated carbocycles. The number of halogens is 1. The molecule has 6 nitrogen and oxygen atoms in total. The van der Waals surface area contributed by atoms with Gasteiger partial charge in [-0.1, -0.05) is 6.07 Å². The van der Waals surface area contributed by atoms with Crippen LogP contribution in [0.2, 0.25) is 0 Å². The van der Waals surface area contributed by atoms with Crippen LogP contribution in [0.25, 0.3) is 0 Å². The monoisotopic (exact) mass is 460 g/mol. The van der Waals surface area contributed by atoms with Gasteiger partial charge in [-0.05, 0) is 44.4 Å². The van der Waals surface area contributed by atoms with Crippen LogP contribution in [-0.4, -0.2) is 49.9 Å². The van der Waals surface area contributed by atoms with Gasteiger partial charge in [0, 0.05) is 38.8 Å². The molecule has 1 aromatic carbocycles. The molecule has 3 rings (SSSR count). The van der Waals surface area contributed by atoms with E-state index in [1.54, 1.807) is 7.05 Å². The van der Waals surface area contributed by atoms with Crippen molar-refractivity contribution >= 4 is 29.9 Å². The first-order valence-corrected chi connectivity index (χ1v) is 8.76. The third kappa shape index (κ3) is 5.64. The zero-order valence-corrected chi connectivity index (χ0v) is 17.6. The third-order valence-corrected chi connectivity index (χ3v) is 4.46. The summed E-state index contributed by atoms with van der Waals surface area (Å²) in [4.78, 5) is 6.87. The Morgan fingerprint density at radius 3 is 2.68 bits per heavy atom. The highest BCUT2D eigenvalue weighted by Gasteiger charge is 2.30. The van der Waals surface area contributed by atoms with E-state index >= 15 is 0 Å². The van der Waals surface area contributed by atoms with E-state index in [1.165, 1.54) is 12.8 Å².